The number of carbonyl (C=O) groups is 1. The first-order valence-electron chi connectivity index (χ1n) is 8.72. The van der Waals surface area contributed by atoms with E-state index < -0.39 is 0 Å². The molecule has 0 saturated carbocycles. The number of amides is 1. The van der Waals surface area contributed by atoms with Crippen LogP contribution in [-0.4, -0.2) is 57.2 Å². The molecule has 22 heavy (non-hydrogen) atoms. The summed E-state index contributed by atoms with van der Waals surface area (Å²) in [6.07, 6.45) is 9.62. The predicted octanol–water partition coefficient (Wildman–Crippen LogP) is 2.06. The quantitative estimate of drug-likeness (QED) is 0.855. The molecule has 1 aromatic heterocycles. The third-order valence-corrected chi connectivity index (χ3v) is 5.13. The van der Waals surface area contributed by atoms with Crippen LogP contribution in [-0.2, 0) is 11.3 Å². The molecule has 0 spiro atoms. The van der Waals surface area contributed by atoms with Gasteiger partial charge in [-0.3, -0.25) is 14.4 Å². The van der Waals surface area contributed by atoms with Crippen molar-refractivity contribution in [3.05, 3.63) is 18.0 Å². The van der Waals surface area contributed by atoms with Gasteiger partial charge in [-0.2, -0.15) is 5.10 Å². The molecule has 2 aliphatic heterocycles. The molecule has 2 aliphatic rings. The van der Waals surface area contributed by atoms with E-state index in [1.54, 1.807) is 0 Å². The highest BCUT2D eigenvalue weighted by molar-refractivity contribution is 5.82. The van der Waals surface area contributed by atoms with Gasteiger partial charge in [0, 0.05) is 12.7 Å². The van der Waals surface area contributed by atoms with Crippen molar-refractivity contribution in [1.29, 1.82) is 0 Å². The van der Waals surface area contributed by atoms with Crippen LogP contribution in [0.2, 0.25) is 0 Å². The molecule has 0 aliphatic carbocycles. The lowest BCUT2D eigenvalue weighted by atomic mass is 10.0. The van der Waals surface area contributed by atoms with Gasteiger partial charge in [-0.05, 0) is 51.3 Å². The Labute approximate surface area is 133 Å². The van der Waals surface area contributed by atoms with Crippen LogP contribution >= 0.6 is 0 Å². The number of hydrogen-bond acceptors (Lipinski definition) is 3. The second kappa shape index (κ2) is 6.82. The Kier molecular flexibility index (Phi) is 4.81. The molecule has 2 atom stereocenters. The fourth-order valence-electron chi connectivity index (χ4n) is 3.94. The van der Waals surface area contributed by atoms with Crippen molar-refractivity contribution in [3.8, 4) is 0 Å². The largest absolute Gasteiger partial charge is 0.336 e. The van der Waals surface area contributed by atoms with Crippen LogP contribution in [0.1, 0.15) is 44.6 Å². The van der Waals surface area contributed by atoms with Crippen LogP contribution in [0.5, 0.6) is 0 Å². The van der Waals surface area contributed by atoms with E-state index in [2.05, 4.69) is 34.9 Å². The molecule has 5 heteroatoms. The summed E-state index contributed by atoms with van der Waals surface area (Å²) in [6.45, 7) is 8.02. The Balaban J connectivity index is 1.67. The molecule has 3 rings (SSSR count). The van der Waals surface area contributed by atoms with Crippen molar-refractivity contribution in [2.24, 2.45) is 0 Å². The number of likely N-dealkylation sites (tertiary alicyclic amines) is 2. The number of nitrogens with zero attached hydrogens (tertiary/aromatic N) is 4. The van der Waals surface area contributed by atoms with Gasteiger partial charge in [0.25, 0.3) is 0 Å². The number of hydrogen-bond donors (Lipinski definition) is 0. The zero-order valence-corrected chi connectivity index (χ0v) is 13.9. The summed E-state index contributed by atoms with van der Waals surface area (Å²) in [7, 11) is 0. The maximum Gasteiger partial charge on any atom is 0.240 e. The van der Waals surface area contributed by atoms with Crippen LogP contribution in [0.4, 0.5) is 0 Å². The molecule has 2 fully saturated rings. The number of carbonyl (C=O) groups excluding carboxylic acids is 1. The first-order valence-corrected chi connectivity index (χ1v) is 8.72. The number of likely N-dealkylation sites (N-methyl/N-ethyl adjacent to an activating group) is 1. The van der Waals surface area contributed by atoms with Crippen molar-refractivity contribution in [2.45, 2.75) is 64.6 Å². The lowest BCUT2D eigenvalue weighted by Gasteiger charge is -2.37. The smallest absolute Gasteiger partial charge is 0.240 e. The standard InChI is InChI=1S/C17H28N4O/c1-3-19-9-5-4-8-16(19)17(22)21-10-6-7-15(21)13-20-12-14(2)11-18-20/h11-12,15-16H,3-10,13H2,1-2H3/t15-,16+/m0/s1. The first-order chi connectivity index (χ1) is 10.7. The summed E-state index contributed by atoms with van der Waals surface area (Å²) in [5, 5.41) is 4.38. The van der Waals surface area contributed by atoms with E-state index in [-0.39, 0.29) is 6.04 Å². The SMILES string of the molecule is CCN1CCCC[C@@H]1C(=O)N1CCC[C@H]1Cn1cc(C)cn1. The molecule has 0 radical (unpaired) electrons. The highest BCUT2D eigenvalue weighted by Gasteiger charge is 2.36. The Bertz CT molecular complexity index is 513. The molecule has 5 nitrogen and oxygen atoms in total. The molecular formula is C17H28N4O. The van der Waals surface area contributed by atoms with Crippen molar-refractivity contribution in [1.82, 2.24) is 19.6 Å². The van der Waals surface area contributed by atoms with Crippen LogP contribution in [0.3, 0.4) is 0 Å². The number of aromatic nitrogens is 2. The Morgan fingerprint density at radius 3 is 2.86 bits per heavy atom. The Hall–Kier alpha value is -1.36. The minimum atomic E-state index is 0.110. The summed E-state index contributed by atoms with van der Waals surface area (Å²) in [5.74, 6) is 0.355. The number of piperidine rings is 1. The van der Waals surface area contributed by atoms with Crippen LogP contribution < -0.4 is 0 Å². The van der Waals surface area contributed by atoms with Crippen molar-refractivity contribution >= 4 is 5.91 Å². The van der Waals surface area contributed by atoms with E-state index in [0.29, 0.717) is 11.9 Å². The predicted molar refractivity (Wildman–Crippen MR) is 86.6 cm³/mol. The van der Waals surface area contributed by atoms with E-state index in [1.807, 2.05) is 10.9 Å². The molecule has 0 unspecified atom stereocenters. The average Bonchev–Trinajstić information content (AvgIpc) is 3.16. The van der Waals surface area contributed by atoms with Gasteiger partial charge in [0.05, 0.1) is 24.8 Å². The lowest BCUT2D eigenvalue weighted by molar-refractivity contribution is -0.139. The molecule has 1 amide bonds. The fourth-order valence-corrected chi connectivity index (χ4v) is 3.94. The second-order valence-electron chi connectivity index (χ2n) is 6.71. The van der Waals surface area contributed by atoms with Crippen LogP contribution in [0.15, 0.2) is 12.4 Å². The van der Waals surface area contributed by atoms with Crippen molar-refractivity contribution < 1.29 is 4.79 Å². The van der Waals surface area contributed by atoms with Gasteiger partial charge in [-0.1, -0.05) is 13.3 Å². The van der Waals surface area contributed by atoms with E-state index in [4.69, 9.17) is 0 Å². The summed E-state index contributed by atoms with van der Waals surface area (Å²) in [5.41, 5.74) is 1.18. The van der Waals surface area contributed by atoms with E-state index in [1.165, 1.54) is 18.4 Å². The fraction of sp³-hybridized carbons (Fsp3) is 0.765. The monoisotopic (exact) mass is 304 g/mol. The van der Waals surface area contributed by atoms with Crippen LogP contribution in [0.25, 0.3) is 0 Å². The molecule has 2 saturated heterocycles. The minimum absolute atomic E-state index is 0.110. The molecule has 0 aromatic carbocycles. The minimum Gasteiger partial charge on any atom is -0.336 e. The summed E-state index contributed by atoms with van der Waals surface area (Å²) >= 11 is 0. The first kappa shape index (κ1) is 15.5. The zero-order chi connectivity index (χ0) is 15.5. The molecule has 0 N–H and O–H groups in total. The van der Waals surface area contributed by atoms with Gasteiger partial charge >= 0.3 is 0 Å². The number of rotatable bonds is 4. The molecular weight excluding hydrogens is 276 g/mol. The zero-order valence-electron chi connectivity index (χ0n) is 13.9. The second-order valence-corrected chi connectivity index (χ2v) is 6.71. The van der Waals surface area contributed by atoms with Crippen molar-refractivity contribution in [2.75, 3.05) is 19.6 Å². The summed E-state index contributed by atoms with van der Waals surface area (Å²) in [4.78, 5) is 17.5. The molecule has 122 valence electrons. The van der Waals surface area contributed by atoms with Gasteiger partial charge in [0.15, 0.2) is 0 Å². The normalized spacial score (nSPS) is 26.5. The van der Waals surface area contributed by atoms with Gasteiger partial charge in [0.2, 0.25) is 5.91 Å². The molecule has 0 bridgehead atoms. The number of aryl methyl sites for hydroxylation is 1. The van der Waals surface area contributed by atoms with Crippen LogP contribution in [0, 0.1) is 6.92 Å². The molecule has 1 aromatic rings. The van der Waals surface area contributed by atoms with E-state index in [9.17, 15) is 4.79 Å². The topological polar surface area (TPSA) is 41.4 Å². The van der Waals surface area contributed by atoms with Gasteiger partial charge in [-0.15, -0.1) is 0 Å². The highest BCUT2D eigenvalue weighted by Crippen LogP contribution is 2.25. The molecule has 3 heterocycles. The Morgan fingerprint density at radius 2 is 2.14 bits per heavy atom. The Morgan fingerprint density at radius 1 is 1.27 bits per heavy atom. The van der Waals surface area contributed by atoms with E-state index in [0.717, 1.165) is 45.4 Å². The van der Waals surface area contributed by atoms with Crippen molar-refractivity contribution in [3.63, 3.8) is 0 Å². The highest BCUT2D eigenvalue weighted by atomic mass is 16.2. The lowest BCUT2D eigenvalue weighted by Crippen LogP contribution is -2.52. The van der Waals surface area contributed by atoms with E-state index >= 15 is 0 Å². The summed E-state index contributed by atoms with van der Waals surface area (Å²) in [6, 6.07) is 0.422. The maximum atomic E-state index is 13.0. The van der Waals surface area contributed by atoms with Gasteiger partial charge < -0.3 is 4.90 Å². The maximum absolute atomic E-state index is 13.0. The summed E-state index contributed by atoms with van der Waals surface area (Å²) < 4.78 is 1.99. The third kappa shape index (κ3) is 3.19. The third-order valence-electron chi connectivity index (χ3n) is 5.13. The van der Waals surface area contributed by atoms with Gasteiger partial charge in [0.1, 0.15) is 0 Å². The average molecular weight is 304 g/mol. The van der Waals surface area contributed by atoms with Gasteiger partial charge in [-0.25, -0.2) is 0 Å².